The van der Waals surface area contributed by atoms with Crippen molar-refractivity contribution in [3.63, 3.8) is 0 Å². The first-order valence-corrected chi connectivity index (χ1v) is 7.07. The van der Waals surface area contributed by atoms with E-state index in [0.717, 1.165) is 6.42 Å². The number of amides is 1. The van der Waals surface area contributed by atoms with Gasteiger partial charge in [-0.1, -0.05) is 48.5 Å². The summed E-state index contributed by atoms with van der Waals surface area (Å²) in [6.07, 6.45) is 2.93. The number of hydrogen-bond donors (Lipinski definition) is 1. The Balaban J connectivity index is 1.75. The van der Waals surface area contributed by atoms with Crippen molar-refractivity contribution in [2.45, 2.75) is 6.42 Å². The maximum Gasteiger partial charge on any atom is 0.257 e. The number of hydrogen-bond acceptors (Lipinski definition) is 2. The summed E-state index contributed by atoms with van der Waals surface area (Å²) in [5.74, 6) is -0.0724. The van der Waals surface area contributed by atoms with Crippen LogP contribution in [-0.4, -0.2) is 29.0 Å². The number of aromatic hydroxyl groups is 1. The molecule has 3 rings (SSSR count). The molecule has 1 heterocycles. The second kappa shape index (κ2) is 5.83. The number of phenolic OH excluding ortho intramolecular Hbond substituents is 1. The highest BCUT2D eigenvalue weighted by Crippen LogP contribution is 2.24. The molecule has 0 radical (unpaired) electrons. The summed E-state index contributed by atoms with van der Waals surface area (Å²) in [5.41, 5.74) is 2.86. The van der Waals surface area contributed by atoms with E-state index in [1.807, 2.05) is 18.2 Å². The van der Waals surface area contributed by atoms with Crippen molar-refractivity contribution < 1.29 is 9.90 Å². The van der Waals surface area contributed by atoms with Crippen LogP contribution < -0.4 is 0 Å². The number of carbonyl (C=O) groups is 1. The lowest BCUT2D eigenvalue weighted by molar-refractivity contribution is 0.0770. The van der Waals surface area contributed by atoms with Crippen LogP contribution in [0, 0.1) is 0 Å². The highest BCUT2D eigenvalue weighted by molar-refractivity contribution is 5.97. The van der Waals surface area contributed by atoms with Crippen LogP contribution in [0.3, 0.4) is 0 Å². The van der Waals surface area contributed by atoms with Crippen LogP contribution in [0.5, 0.6) is 5.75 Å². The lowest BCUT2D eigenvalue weighted by Gasteiger charge is -2.27. The number of nitrogens with zero attached hydrogens (tertiary/aromatic N) is 1. The van der Waals surface area contributed by atoms with E-state index in [0.29, 0.717) is 18.7 Å². The van der Waals surface area contributed by atoms with Crippen molar-refractivity contribution in [3.05, 3.63) is 71.8 Å². The Hall–Kier alpha value is -2.55. The van der Waals surface area contributed by atoms with Gasteiger partial charge in [0.05, 0.1) is 5.56 Å². The predicted molar refractivity (Wildman–Crippen MR) is 83.0 cm³/mol. The minimum absolute atomic E-state index is 0.0420. The quantitative estimate of drug-likeness (QED) is 0.916. The molecule has 106 valence electrons. The lowest BCUT2D eigenvalue weighted by Crippen LogP contribution is -2.34. The Morgan fingerprint density at radius 1 is 1.00 bits per heavy atom. The third kappa shape index (κ3) is 2.82. The maximum atomic E-state index is 12.4. The molecule has 0 bridgehead atoms. The zero-order chi connectivity index (χ0) is 14.7. The van der Waals surface area contributed by atoms with Gasteiger partial charge in [0.1, 0.15) is 5.75 Å². The molecule has 3 heteroatoms. The van der Waals surface area contributed by atoms with Gasteiger partial charge in [-0.3, -0.25) is 4.79 Å². The molecule has 0 atom stereocenters. The zero-order valence-corrected chi connectivity index (χ0v) is 11.7. The maximum absolute atomic E-state index is 12.4. The molecule has 0 saturated heterocycles. The fourth-order valence-electron chi connectivity index (χ4n) is 2.59. The topological polar surface area (TPSA) is 40.5 Å². The van der Waals surface area contributed by atoms with Gasteiger partial charge in [-0.05, 0) is 29.7 Å². The van der Waals surface area contributed by atoms with Crippen LogP contribution in [0.1, 0.15) is 22.3 Å². The fraction of sp³-hybridized carbons (Fsp3) is 0.167. The third-order valence-electron chi connectivity index (χ3n) is 3.78. The molecule has 0 aliphatic carbocycles. The van der Waals surface area contributed by atoms with Crippen LogP contribution in [0.15, 0.2) is 60.7 Å². The van der Waals surface area contributed by atoms with Crippen molar-refractivity contribution in [2.75, 3.05) is 13.1 Å². The van der Waals surface area contributed by atoms with Crippen LogP contribution in [0.4, 0.5) is 0 Å². The summed E-state index contributed by atoms with van der Waals surface area (Å²) in [6.45, 7) is 1.26. The Bertz CT molecular complexity index is 677. The molecule has 1 aliphatic rings. The Morgan fingerprint density at radius 3 is 2.38 bits per heavy atom. The first-order chi connectivity index (χ1) is 10.3. The predicted octanol–water partition coefficient (Wildman–Crippen LogP) is 3.32. The zero-order valence-electron chi connectivity index (χ0n) is 11.7. The molecule has 1 N–H and O–H groups in total. The summed E-state index contributed by atoms with van der Waals surface area (Å²) < 4.78 is 0. The number of benzene rings is 2. The second-order valence-electron chi connectivity index (χ2n) is 5.11. The summed E-state index contributed by atoms with van der Waals surface area (Å²) in [4.78, 5) is 14.2. The Morgan fingerprint density at radius 2 is 1.71 bits per heavy atom. The van der Waals surface area contributed by atoms with Crippen LogP contribution >= 0.6 is 0 Å². The molecule has 21 heavy (non-hydrogen) atoms. The van der Waals surface area contributed by atoms with E-state index >= 15 is 0 Å². The minimum Gasteiger partial charge on any atom is -0.507 e. The van der Waals surface area contributed by atoms with Gasteiger partial charge in [-0.15, -0.1) is 0 Å². The van der Waals surface area contributed by atoms with Crippen molar-refractivity contribution in [3.8, 4) is 5.75 Å². The average molecular weight is 279 g/mol. The number of phenols is 1. The lowest BCUT2D eigenvalue weighted by atomic mass is 9.99. The first-order valence-electron chi connectivity index (χ1n) is 7.07. The molecule has 3 nitrogen and oxygen atoms in total. The average Bonchev–Trinajstić information content (AvgIpc) is 2.56. The van der Waals surface area contributed by atoms with E-state index in [-0.39, 0.29) is 11.7 Å². The normalized spacial score (nSPS) is 14.7. The molecule has 2 aromatic rings. The highest BCUT2D eigenvalue weighted by Gasteiger charge is 2.21. The molecular formula is C18H17NO2. The molecule has 0 unspecified atom stereocenters. The highest BCUT2D eigenvalue weighted by atomic mass is 16.3. The molecular weight excluding hydrogens is 262 g/mol. The van der Waals surface area contributed by atoms with Gasteiger partial charge in [-0.2, -0.15) is 0 Å². The first kappa shape index (κ1) is 13.4. The monoisotopic (exact) mass is 279 g/mol. The smallest absolute Gasteiger partial charge is 0.257 e. The van der Waals surface area contributed by atoms with Gasteiger partial charge in [0.25, 0.3) is 5.91 Å². The molecule has 0 spiro atoms. The molecule has 0 saturated carbocycles. The van der Waals surface area contributed by atoms with Gasteiger partial charge in [-0.25, -0.2) is 0 Å². The minimum atomic E-state index is -0.114. The van der Waals surface area contributed by atoms with E-state index < -0.39 is 0 Å². The van der Waals surface area contributed by atoms with E-state index in [2.05, 4.69) is 18.2 Å². The van der Waals surface area contributed by atoms with E-state index in [9.17, 15) is 9.90 Å². The standard InChI is InChI=1S/C18H17NO2/c20-17-9-5-4-8-16(17)18(21)19-12-10-15(11-13-19)14-6-2-1-3-7-14/h1-10,20H,11-13H2. The van der Waals surface area contributed by atoms with Gasteiger partial charge >= 0.3 is 0 Å². The van der Waals surface area contributed by atoms with Crippen molar-refractivity contribution >= 4 is 11.5 Å². The SMILES string of the molecule is O=C(c1ccccc1O)N1CC=C(c2ccccc2)CC1. The van der Waals surface area contributed by atoms with Crippen molar-refractivity contribution in [1.29, 1.82) is 0 Å². The number of carbonyl (C=O) groups excluding carboxylic acids is 1. The summed E-state index contributed by atoms with van der Waals surface area (Å²) in [6, 6.07) is 16.9. The van der Waals surface area contributed by atoms with Gasteiger partial charge < -0.3 is 10.0 Å². The van der Waals surface area contributed by atoms with Gasteiger partial charge in [0.2, 0.25) is 0 Å². The third-order valence-corrected chi connectivity index (χ3v) is 3.78. The Kier molecular flexibility index (Phi) is 3.73. The van der Waals surface area contributed by atoms with Crippen molar-refractivity contribution in [1.82, 2.24) is 4.90 Å². The Labute approximate surface area is 124 Å². The molecule has 0 aromatic heterocycles. The fourth-order valence-corrected chi connectivity index (χ4v) is 2.59. The van der Waals surface area contributed by atoms with Gasteiger partial charge in [0.15, 0.2) is 0 Å². The summed E-state index contributed by atoms with van der Waals surface area (Å²) in [7, 11) is 0. The van der Waals surface area contributed by atoms with Crippen LogP contribution in [0.25, 0.3) is 5.57 Å². The molecule has 1 amide bonds. The summed E-state index contributed by atoms with van der Waals surface area (Å²) >= 11 is 0. The van der Waals surface area contributed by atoms with Crippen LogP contribution in [-0.2, 0) is 0 Å². The molecule has 0 fully saturated rings. The van der Waals surface area contributed by atoms with Crippen molar-refractivity contribution in [2.24, 2.45) is 0 Å². The number of rotatable bonds is 2. The summed E-state index contributed by atoms with van der Waals surface area (Å²) in [5, 5.41) is 9.78. The van der Waals surface area contributed by atoms with E-state index in [1.165, 1.54) is 11.1 Å². The largest absolute Gasteiger partial charge is 0.507 e. The number of para-hydroxylation sites is 1. The van der Waals surface area contributed by atoms with Gasteiger partial charge in [0, 0.05) is 13.1 Å². The molecule has 1 aliphatic heterocycles. The van der Waals surface area contributed by atoms with E-state index in [4.69, 9.17) is 0 Å². The molecule has 2 aromatic carbocycles. The second-order valence-corrected chi connectivity index (χ2v) is 5.11. The van der Waals surface area contributed by atoms with Crippen LogP contribution in [0.2, 0.25) is 0 Å². The van der Waals surface area contributed by atoms with E-state index in [1.54, 1.807) is 29.2 Å².